The second kappa shape index (κ2) is 6.72. The normalized spacial score (nSPS) is 19.1. The van der Waals surface area contributed by atoms with Crippen LogP contribution in [0.15, 0.2) is 36.0 Å². The second-order valence-electron chi connectivity index (χ2n) is 5.55. The Hall–Kier alpha value is -0.880. The van der Waals surface area contributed by atoms with E-state index < -0.39 is 0 Å². The third kappa shape index (κ3) is 3.61. The number of carbonyl (C=O) groups is 1. The van der Waals surface area contributed by atoms with Crippen molar-refractivity contribution in [2.45, 2.75) is 12.8 Å². The van der Waals surface area contributed by atoms with Crippen molar-refractivity contribution in [3.63, 3.8) is 0 Å². The van der Waals surface area contributed by atoms with Gasteiger partial charge in [0.15, 0.2) is 5.78 Å². The highest BCUT2D eigenvalue weighted by molar-refractivity contribution is 14.1. The quantitative estimate of drug-likeness (QED) is 0.746. The van der Waals surface area contributed by atoms with E-state index in [9.17, 15) is 4.79 Å². The summed E-state index contributed by atoms with van der Waals surface area (Å²) in [5, 5.41) is 0. The summed E-state index contributed by atoms with van der Waals surface area (Å²) < 4.78 is 1.20. The third-order valence-corrected chi connectivity index (χ3v) is 4.60. The fraction of sp³-hybridized carbons (Fsp3) is 0.438. The summed E-state index contributed by atoms with van der Waals surface area (Å²) >= 11 is 2.34. The molecule has 0 spiro atoms. The molecule has 3 nitrogen and oxygen atoms in total. The number of carbonyl (C=O) groups excluding carboxylic acids is 1. The van der Waals surface area contributed by atoms with Crippen LogP contribution in [0.1, 0.15) is 12.8 Å². The standard InChI is InChI=1S/C16H21IN2O/c1-18(2)11-12-8-9-13(10-16(12)20)19(3)15-7-5-4-6-14(15)17/h4-7,10,12H,8-9,11H2,1-3H3. The van der Waals surface area contributed by atoms with E-state index in [-0.39, 0.29) is 11.7 Å². The Balaban J connectivity index is 2.15. The SMILES string of the molecule is CN(C)CC1CCC(N(C)c2ccccc2I)=CC1=O. The molecule has 0 saturated carbocycles. The molecular formula is C16H21IN2O. The van der Waals surface area contributed by atoms with Gasteiger partial charge in [-0.1, -0.05) is 12.1 Å². The smallest absolute Gasteiger partial charge is 0.161 e. The minimum Gasteiger partial charge on any atom is -0.347 e. The predicted octanol–water partition coefficient (Wildman–Crippen LogP) is 3.15. The molecule has 2 rings (SSSR count). The topological polar surface area (TPSA) is 23.6 Å². The van der Waals surface area contributed by atoms with Crippen molar-refractivity contribution in [3.05, 3.63) is 39.6 Å². The van der Waals surface area contributed by atoms with E-state index in [0.29, 0.717) is 0 Å². The Labute approximate surface area is 134 Å². The van der Waals surface area contributed by atoms with Crippen LogP contribution in [0.2, 0.25) is 0 Å². The molecule has 1 unspecified atom stereocenters. The molecule has 1 aliphatic carbocycles. The monoisotopic (exact) mass is 384 g/mol. The highest BCUT2D eigenvalue weighted by atomic mass is 127. The van der Waals surface area contributed by atoms with E-state index in [1.807, 2.05) is 39.4 Å². The largest absolute Gasteiger partial charge is 0.347 e. The van der Waals surface area contributed by atoms with Crippen molar-refractivity contribution in [1.29, 1.82) is 0 Å². The number of hydrogen-bond donors (Lipinski definition) is 0. The average molecular weight is 384 g/mol. The summed E-state index contributed by atoms with van der Waals surface area (Å²) in [5.41, 5.74) is 2.28. The molecule has 0 saturated heterocycles. The minimum absolute atomic E-state index is 0.150. The summed E-state index contributed by atoms with van der Waals surface area (Å²) in [6.45, 7) is 0.842. The van der Waals surface area contributed by atoms with Crippen molar-refractivity contribution in [2.75, 3.05) is 32.6 Å². The zero-order chi connectivity index (χ0) is 14.7. The number of rotatable bonds is 4. The van der Waals surface area contributed by atoms with E-state index in [1.54, 1.807) is 0 Å². The number of ketones is 1. The van der Waals surface area contributed by atoms with Crippen molar-refractivity contribution in [1.82, 2.24) is 4.90 Å². The molecule has 0 bridgehead atoms. The van der Waals surface area contributed by atoms with Crippen LogP contribution in [0.3, 0.4) is 0 Å². The Kier molecular flexibility index (Phi) is 5.21. The fourth-order valence-electron chi connectivity index (χ4n) is 2.58. The van der Waals surface area contributed by atoms with Crippen molar-refractivity contribution in [2.24, 2.45) is 5.92 Å². The Morgan fingerprint density at radius 3 is 2.55 bits per heavy atom. The number of benzene rings is 1. The van der Waals surface area contributed by atoms with Crippen LogP contribution in [0.5, 0.6) is 0 Å². The molecule has 20 heavy (non-hydrogen) atoms. The van der Waals surface area contributed by atoms with Crippen molar-refractivity contribution < 1.29 is 4.79 Å². The van der Waals surface area contributed by atoms with E-state index in [1.165, 1.54) is 9.26 Å². The van der Waals surface area contributed by atoms with Crippen LogP contribution < -0.4 is 4.90 Å². The molecule has 0 amide bonds. The van der Waals surface area contributed by atoms with Gasteiger partial charge in [-0.2, -0.15) is 0 Å². The molecule has 0 heterocycles. The summed E-state index contributed by atoms with van der Waals surface area (Å²) in [6.07, 6.45) is 3.74. The minimum atomic E-state index is 0.150. The lowest BCUT2D eigenvalue weighted by atomic mass is 9.90. The molecule has 1 aromatic rings. The Morgan fingerprint density at radius 2 is 1.95 bits per heavy atom. The van der Waals surface area contributed by atoms with Crippen LogP contribution in [0.4, 0.5) is 5.69 Å². The maximum Gasteiger partial charge on any atom is 0.161 e. The third-order valence-electron chi connectivity index (χ3n) is 3.69. The zero-order valence-corrected chi connectivity index (χ0v) is 14.4. The first kappa shape index (κ1) is 15.5. The van der Waals surface area contributed by atoms with Gasteiger partial charge in [0.25, 0.3) is 0 Å². The number of halogens is 1. The molecule has 0 radical (unpaired) electrons. The van der Waals surface area contributed by atoms with Gasteiger partial charge in [0, 0.05) is 34.9 Å². The number of nitrogens with zero attached hydrogens (tertiary/aromatic N) is 2. The van der Waals surface area contributed by atoms with Gasteiger partial charge >= 0.3 is 0 Å². The summed E-state index contributed by atoms with van der Waals surface area (Å²) in [6, 6.07) is 8.26. The van der Waals surface area contributed by atoms with Gasteiger partial charge in [-0.05, 0) is 61.7 Å². The first-order valence-corrected chi connectivity index (χ1v) is 7.94. The molecule has 4 heteroatoms. The van der Waals surface area contributed by atoms with Gasteiger partial charge in [0.1, 0.15) is 0 Å². The van der Waals surface area contributed by atoms with E-state index >= 15 is 0 Å². The van der Waals surface area contributed by atoms with Crippen LogP contribution in [0.25, 0.3) is 0 Å². The lowest BCUT2D eigenvalue weighted by Crippen LogP contribution is -2.32. The van der Waals surface area contributed by atoms with Crippen molar-refractivity contribution in [3.8, 4) is 0 Å². The van der Waals surface area contributed by atoms with E-state index in [4.69, 9.17) is 0 Å². The number of allylic oxidation sites excluding steroid dienone is 2. The molecule has 1 aliphatic rings. The molecule has 1 atom stereocenters. The first-order valence-electron chi connectivity index (χ1n) is 6.86. The van der Waals surface area contributed by atoms with Gasteiger partial charge in [-0.3, -0.25) is 4.79 Å². The molecule has 0 N–H and O–H groups in total. The highest BCUT2D eigenvalue weighted by Gasteiger charge is 2.25. The second-order valence-corrected chi connectivity index (χ2v) is 6.71. The number of anilines is 1. The van der Waals surface area contributed by atoms with E-state index in [0.717, 1.165) is 25.1 Å². The Bertz CT molecular complexity index is 525. The summed E-state index contributed by atoms with van der Waals surface area (Å²) in [7, 11) is 6.08. The maximum absolute atomic E-state index is 12.2. The van der Waals surface area contributed by atoms with Crippen LogP contribution in [-0.2, 0) is 4.79 Å². The lowest BCUT2D eigenvalue weighted by molar-refractivity contribution is -0.119. The van der Waals surface area contributed by atoms with Crippen molar-refractivity contribution >= 4 is 34.1 Å². The van der Waals surface area contributed by atoms with Gasteiger partial charge in [-0.25, -0.2) is 0 Å². The first-order chi connectivity index (χ1) is 9.49. The molecule has 0 aromatic heterocycles. The Morgan fingerprint density at radius 1 is 1.25 bits per heavy atom. The van der Waals surface area contributed by atoms with Crippen LogP contribution in [-0.4, -0.2) is 38.4 Å². The number of para-hydroxylation sites is 1. The van der Waals surface area contributed by atoms with Gasteiger partial charge in [0.05, 0.1) is 5.69 Å². The number of hydrogen-bond acceptors (Lipinski definition) is 3. The fourth-order valence-corrected chi connectivity index (χ4v) is 3.33. The molecule has 1 aromatic carbocycles. The predicted molar refractivity (Wildman–Crippen MR) is 91.9 cm³/mol. The van der Waals surface area contributed by atoms with E-state index in [2.05, 4.69) is 44.5 Å². The summed E-state index contributed by atoms with van der Waals surface area (Å²) in [4.78, 5) is 16.5. The molecule has 0 aliphatic heterocycles. The molecule has 108 valence electrons. The maximum atomic E-state index is 12.2. The van der Waals surface area contributed by atoms with Crippen LogP contribution >= 0.6 is 22.6 Å². The van der Waals surface area contributed by atoms with Crippen LogP contribution in [0, 0.1) is 9.49 Å². The molecule has 0 fully saturated rings. The summed E-state index contributed by atoms with van der Waals surface area (Å²) in [5.74, 6) is 0.412. The zero-order valence-electron chi connectivity index (χ0n) is 12.3. The van der Waals surface area contributed by atoms with Gasteiger partial charge in [0.2, 0.25) is 0 Å². The highest BCUT2D eigenvalue weighted by Crippen LogP contribution is 2.29. The van der Waals surface area contributed by atoms with Gasteiger partial charge in [-0.15, -0.1) is 0 Å². The average Bonchev–Trinajstić information content (AvgIpc) is 2.40. The van der Waals surface area contributed by atoms with Gasteiger partial charge < -0.3 is 9.80 Å². The molecular weight excluding hydrogens is 363 g/mol. The lowest BCUT2D eigenvalue weighted by Gasteiger charge is -2.29.